The van der Waals surface area contributed by atoms with Crippen molar-refractivity contribution in [3.05, 3.63) is 53.4 Å². The molecule has 6 nitrogen and oxygen atoms in total. The summed E-state index contributed by atoms with van der Waals surface area (Å²) in [5.74, 6) is -0.110. The van der Waals surface area contributed by atoms with Crippen LogP contribution >= 0.6 is 11.8 Å². The van der Waals surface area contributed by atoms with E-state index in [4.69, 9.17) is 4.74 Å². The van der Waals surface area contributed by atoms with E-state index in [-0.39, 0.29) is 29.7 Å². The lowest BCUT2D eigenvalue weighted by Crippen LogP contribution is -2.29. The topological polar surface area (TPSA) is 74.5 Å². The number of thioether (sulfide) groups is 1. The second kappa shape index (κ2) is 9.07. The molecule has 1 aromatic carbocycles. The van der Waals surface area contributed by atoms with Gasteiger partial charge in [0.1, 0.15) is 0 Å². The number of aromatic nitrogens is 1. The minimum Gasteiger partial charge on any atom is -0.618 e. The Morgan fingerprint density at radius 1 is 1.32 bits per heavy atom. The van der Waals surface area contributed by atoms with Gasteiger partial charge in [-0.25, -0.2) is 0 Å². The number of rotatable bonds is 8. The molecule has 0 aliphatic heterocycles. The van der Waals surface area contributed by atoms with Gasteiger partial charge in [0.15, 0.2) is 17.7 Å². The maximum absolute atomic E-state index is 12.3. The summed E-state index contributed by atoms with van der Waals surface area (Å²) in [6.45, 7) is -2.75. The molecule has 0 spiro atoms. The van der Waals surface area contributed by atoms with Crippen molar-refractivity contribution < 1.29 is 27.8 Å². The van der Waals surface area contributed by atoms with E-state index in [1.807, 2.05) is 0 Å². The van der Waals surface area contributed by atoms with Gasteiger partial charge in [0.25, 0.3) is 5.03 Å². The molecule has 9 heteroatoms. The third-order valence-electron chi connectivity index (χ3n) is 3.07. The van der Waals surface area contributed by atoms with Crippen LogP contribution in [0.4, 0.5) is 8.78 Å². The van der Waals surface area contributed by atoms with Crippen molar-refractivity contribution in [2.24, 2.45) is 0 Å². The van der Waals surface area contributed by atoms with Crippen LogP contribution in [0.15, 0.2) is 47.6 Å². The number of carbonyl (C=O) groups excluding carboxylic acids is 1. The minimum absolute atomic E-state index is 0.0767. The number of benzene rings is 1. The summed E-state index contributed by atoms with van der Waals surface area (Å²) in [5, 5.41) is 14.6. The summed E-state index contributed by atoms with van der Waals surface area (Å²) in [5.41, 5.74) is 0.662. The minimum atomic E-state index is -2.95. The van der Waals surface area contributed by atoms with Gasteiger partial charge in [-0.3, -0.25) is 4.79 Å². The van der Waals surface area contributed by atoms with E-state index in [0.717, 1.165) is 11.8 Å². The first kappa shape index (κ1) is 18.8. The number of amides is 1. The molecule has 0 aliphatic carbocycles. The number of alkyl halides is 2. The normalized spacial score (nSPS) is 10.6. The molecule has 0 saturated carbocycles. The fraction of sp³-hybridized carbons (Fsp3) is 0.250. The lowest BCUT2D eigenvalue weighted by Gasteiger charge is -2.12. The van der Waals surface area contributed by atoms with Gasteiger partial charge in [-0.1, -0.05) is 6.07 Å². The second-order valence-corrected chi connectivity index (χ2v) is 5.79. The molecular formula is C16H16F2N2O4S. The molecule has 0 aliphatic rings. The van der Waals surface area contributed by atoms with Gasteiger partial charge in [0, 0.05) is 18.7 Å². The Bertz CT molecular complexity index is 731. The molecule has 1 aromatic heterocycles. The molecule has 1 N–H and O–H groups in total. The summed E-state index contributed by atoms with van der Waals surface area (Å²) < 4.78 is 34.6. The van der Waals surface area contributed by atoms with Gasteiger partial charge >= 0.3 is 6.61 Å². The fourth-order valence-corrected chi connectivity index (χ4v) is 2.67. The number of methoxy groups -OCH3 is 1. The Morgan fingerprint density at radius 3 is 2.80 bits per heavy atom. The van der Waals surface area contributed by atoms with Crippen LogP contribution in [0.5, 0.6) is 11.5 Å². The molecule has 25 heavy (non-hydrogen) atoms. The van der Waals surface area contributed by atoms with Crippen LogP contribution in [-0.2, 0) is 11.3 Å². The Labute approximate surface area is 147 Å². The SMILES string of the molecule is COc1cc(CNC(=O)CSc2cccc[n+]2[O-])ccc1OC(F)F. The van der Waals surface area contributed by atoms with Crippen molar-refractivity contribution in [1.29, 1.82) is 0 Å². The van der Waals surface area contributed by atoms with E-state index in [9.17, 15) is 18.8 Å². The van der Waals surface area contributed by atoms with E-state index < -0.39 is 6.61 Å². The monoisotopic (exact) mass is 370 g/mol. The van der Waals surface area contributed by atoms with Crippen molar-refractivity contribution in [2.45, 2.75) is 18.2 Å². The highest BCUT2D eigenvalue weighted by Gasteiger charge is 2.12. The van der Waals surface area contributed by atoms with Crippen LogP contribution in [0.2, 0.25) is 0 Å². The quantitative estimate of drug-likeness (QED) is 0.439. The van der Waals surface area contributed by atoms with E-state index in [0.29, 0.717) is 15.3 Å². The summed E-state index contributed by atoms with van der Waals surface area (Å²) in [4.78, 5) is 11.9. The van der Waals surface area contributed by atoms with Crippen molar-refractivity contribution in [3.8, 4) is 11.5 Å². The Balaban J connectivity index is 1.88. The summed E-state index contributed by atoms with van der Waals surface area (Å²) in [6, 6.07) is 9.35. The Hall–Kier alpha value is -2.55. The molecule has 2 aromatic rings. The van der Waals surface area contributed by atoms with E-state index in [1.165, 1.54) is 25.4 Å². The van der Waals surface area contributed by atoms with Crippen LogP contribution in [0, 0.1) is 5.21 Å². The first-order valence-corrected chi connectivity index (χ1v) is 8.17. The number of hydrogen-bond donors (Lipinski definition) is 1. The molecule has 1 heterocycles. The number of ether oxygens (including phenoxy) is 2. The van der Waals surface area contributed by atoms with Crippen molar-refractivity contribution in [2.75, 3.05) is 12.9 Å². The zero-order valence-corrected chi connectivity index (χ0v) is 14.1. The van der Waals surface area contributed by atoms with Gasteiger partial charge in [0.2, 0.25) is 5.91 Å². The molecule has 0 bridgehead atoms. The summed E-state index contributed by atoms with van der Waals surface area (Å²) >= 11 is 1.12. The summed E-state index contributed by atoms with van der Waals surface area (Å²) in [7, 11) is 1.34. The first-order chi connectivity index (χ1) is 12.0. The maximum atomic E-state index is 12.3. The number of carbonyl (C=O) groups is 1. The van der Waals surface area contributed by atoms with Crippen LogP contribution in [-0.4, -0.2) is 25.4 Å². The zero-order chi connectivity index (χ0) is 18.2. The largest absolute Gasteiger partial charge is 0.618 e. The number of pyridine rings is 1. The molecule has 0 fully saturated rings. The predicted octanol–water partition coefficient (Wildman–Crippen LogP) is 2.34. The lowest BCUT2D eigenvalue weighted by atomic mass is 10.2. The summed E-state index contributed by atoms with van der Waals surface area (Å²) in [6.07, 6.45) is 1.36. The third-order valence-corrected chi connectivity index (χ3v) is 4.09. The number of hydrogen-bond acceptors (Lipinski definition) is 5. The standard InChI is InChI=1S/C16H16F2N2O4S/c1-23-13-8-11(5-6-12(13)24-16(17)18)9-19-14(21)10-25-15-4-2-3-7-20(15)22/h2-8,16H,9-10H2,1H3,(H,19,21). The molecular weight excluding hydrogens is 354 g/mol. The van der Waals surface area contributed by atoms with Crippen molar-refractivity contribution in [1.82, 2.24) is 5.32 Å². The molecule has 0 atom stereocenters. The number of nitrogens with one attached hydrogen (secondary N) is 1. The van der Waals surface area contributed by atoms with Crippen molar-refractivity contribution in [3.63, 3.8) is 0 Å². The Morgan fingerprint density at radius 2 is 2.12 bits per heavy atom. The fourth-order valence-electron chi connectivity index (χ4n) is 1.93. The zero-order valence-electron chi connectivity index (χ0n) is 13.3. The molecule has 0 saturated heterocycles. The van der Waals surface area contributed by atoms with Gasteiger partial charge < -0.3 is 20.0 Å². The first-order valence-electron chi connectivity index (χ1n) is 7.19. The van der Waals surface area contributed by atoms with Crippen LogP contribution in [0.1, 0.15) is 5.56 Å². The maximum Gasteiger partial charge on any atom is 0.387 e. The van der Waals surface area contributed by atoms with Crippen LogP contribution < -0.4 is 19.5 Å². The molecule has 134 valence electrons. The van der Waals surface area contributed by atoms with Crippen LogP contribution in [0.25, 0.3) is 0 Å². The van der Waals surface area contributed by atoms with Gasteiger partial charge in [-0.2, -0.15) is 13.5 Å². The highest BCUT2D eigenvalue weighted by molar-refractivity contribution is 7.99. The highest BCUT2D eigenvalue weighted by Crippen LogP contribution is 2.29. The smallest absolute Gasteiger partial charge is 0.387 e. The van der Waals surface area contributed by atoms with Gasteiger partial charge in [-0.05, 0) is 35.5 Å². The highest BCUT2D eigenvalue weighted by atomic mass is 32.2. The average molecular weight is 370 g/mol. The van der Waals surface area contributed by atoms with Crippen molar-refractivity contribution >= 4 is 17.7 Å². The lowest BCUT2D eigenvalue weighted by molar-refractivity contribution is -0.645. The van der Waals surface area contributed by atoms with Gasteiger partial charge in [-0.15, -0.1) is 0 Å². The van der Waals surface area contributed by atoms with Crippen LogP contribution in [0.3, 0.4) is 0 Å². The number of nitrogens with zero attached hydrogens (tertiary/aromatic N) is 1. The Kier molecular flexibility index (Phi) is 6.81. The van der Waals surface area contributed by atoms with E-state index in [2.05, 4.69) is 10.1 Å². The van der Waals surface area contributed by atoms with Gasteiger partial charge in [0.05, 0.1) is 12.9 Å². The number of halogens is 2. The molecule has 0 unspecified atom stereocenters. The second-order valence-electron chi connectivity index (χ2n) is 4.79. The third kappa shape index (κ3) is 5.79. The molecule has 0 radical (unpaired) electrons. The van der Waals surface area contributed by atoms with E-state index >= 15 is 0 Å². The average Bonchev–Trinajstić information content (AvgIpc) is 2.59. The molecule has 1 amide bonds. The predicted molar refractivity (Wildman–Crippen MR) is 87.6 cm³/mol. The van der Waals surface area contributed by atoms with E-state index in [1.54, 1.807) is 24.3 Å². The molecule has 2 rings (SSSR count).